The molecule has 6 heteroatoms. The summed E-state index contributed by atoms with van der Waals surface area (Å²) in [6.45, 7) is 1.13. The molecule has 3 aromatic rings. The number of benzene rings is 1. The zero-order chi connectivity index (χ0) is 16.7. The number of hydrogen-bond acceptors (Lipinski definition) is 3. The van der Waals surface area contributed by atoms with Crippen LogP contribution in [0.25, 0.3) is 10.9 Å². The minimum Gasteiger partial charge on any atom is -0.360 e. The van der Waals surface area contributed by atoms with Gasteiger partial charge in [-0.2, -0.15) is 5.10 Å². The van der Waals surface area contributed by atoms with E-state index in [9.17, 15) is 9.59 Å². The first-order valence-corrected chi connectivity index (χ1v) is 8.04. The van der Waals surface area contributed by atoms with Crippen LogP contribution in [0.2, 0.25) is 0 Å². The summed E-state index contributed by atoms with van der Waals surface area (Å²) in [5.41, 5.74) is 2.94. The molecule has 1 aliphatic rings. The van der Waals surface area contributed by atoms with Crippen LogP contribution in [0.3, 0.4) is 0 Å². The number of rotatable bonds is 1. The molecule has 4 rings (SSSR count). The SMILES string of the molecule is Cn1ncc2c1CCCN(C(=O)c1c[nH]c3ccccc3c1=O)C2. The third kappa shape index (κ3) is 2.31. The summed E-state index contributed by atoms with van der Waals surface area (Å²) in [6.07, 6.45) is 5.10. The van der Waals surface area contributed by atoms with Crippen LogP contribution in [-0.4, -0.2) is 32.1 Å². The number of aryl methyl sites for hydroxylation is 1. The number of aromatic nitrogens is 3. The van der Waals surface area contributed by atoms with E-state index in [0.717, 1.165) is 29.6 Å². The highest BCUT2D eigenvalue weighted by atomic mass is 16.2. The molecule has 0 aliphatic carbocycles. The Hall–Kier alpha value is -2.89. The number of aromatic amines is 1. The first-order valence-electron chi connectivity index (χ1n) is 8.04. The second-order valence-electron chi connectivity index (χ2n) is 6.15. The zero-order valence-electron chi connectivity index (χ0n) is 13.5. The van der Waals surface area contributed by atoms with Gasteiger partial charge in [-0.1, -0.05) is 12.1 Å². The number of hydrogen-bond donors (Lipinski definition) is 1. The molecule has 6 nitrogen and oxygen atoms in total. The summed E-state index contributed by atoms with van der Waals surface area (Å²) in [4.78, 5) is 30.4. The van der Waals surface area contributed by atoms with Gasteiger partial charge in [-0.15, -0.1) is 0 Å². The lowest BCUT2D eigenvalue weighted by Gasteiger charge is -2.20. The summed E-state index contributed by atoms with van der Waals surface area (Å²) in [5, 5.41) is 4.82. The van der Waals surface area contributed by atoms with Crippen LogP contribution in [0.4, 0.5) is 0 Å². The molecule has 122 valence electrons. The summed E-state index contributed by atoms with van der Waals surface area (Å²) < 4.78 is 1.87. The topological polar surface area (TPSA) is 71.0 Å². The van der Waals surface area contributed by atoms with Crippen molar-refractivity contribution in [3.63, 3.8) is 0 Å². The quantitative estimate of drug-likeness (QED) is 0.743. The van der Waals surface area contributed by atoms with Crippen molar-refractivity contribution in [1.82, 2.24) is 19.7 Å². The van der Waals surface area contributed by atoms with Gasteiger partial charge in [0.05, 0.1) is 6.20 Å². The smallest absolute Gasteiger partial charge is 0.259 e. The van der Waals surface area contributed by atoms with Crippen molar-refractivity contribution >= 4 is 16.8 Å². The summed E-state index contributed by atoms with van der Waals surface area (Å²) in [5.74, 6) is -0.223. The average Bonchev–Trinajstić information content (AvgIpc) is 2.82. The van der Waals surface area contributed by atoms with E-state index in [-0.39, 0.29) is 16.9 Å². The predicted molar refractivity (Wildman–Crippen MR) is 90.8 cm³/mol. The molecule has 0 saturated heterocycles. The number of amides is 1. The molecular weight excluding hydrogens is 304 g/mol. The van der Waals surface area contributed by atoms with E-state index in [2.05, 4.69) is 10.1 Å². The van der Waals surface area contributed by atoms with Gasteiger partial charge in [0.1, 0.15) is 5.56 Å². The lowest BCUT2D eigenvalue weighted by molar-refractivity contribution is 0.0744. The molecule has 0 fully saturated rings. The Labute approximate surface area is 138 Å². The fourth-order valence-corrected chi connectivity index (χ4v) is 3.35. The lowest BCUT2D eigenvalue weighted by Crippen LogP contribution is -2.34. The van der Waals surface area contributed by atoms with E-state index >= 15 is 0 Å². The Bertz CT molecular complexity index is 986. The summed E-state index contributed by atoms with van der Waals surface area (Å²) in [7, 11) is 1.92. The third-order valence-electron chi connectivity index (χ3n) is 4.66. The lowest BCUT2D eigenvalue weighted by atomic mass is 10.1. The number of fused-ring (bicyclic) bond motifs is 2. The van der Waals surface area contributed by atoms with Gasteiger partial charge in [0, 0.05) is 48.5 Å². The Kier molecular flexibility index (Phi) is 3.45. The molecule has 1 aliphatic heterocycles. The zero-order valence-corrected chi connectivity index (χ0v) is 13.5. The highest BCUT2D eigenvalue weighted by Gasteiger charge is 2.24. The highest BCUT2D eigenvalue weighted by molar-refractivity contribution is 5.97. The van der Waals surface area contributed by atoms with Crippen molar-refractivity contribution in [2.75, 3.05) is 6.54 Å². The van der Waals surface area contributed by atoms with Crippen LogP contribution in [0.1, 0.15) is 28.0 Å². The minimum absolute atomic E-state index is 0.195. The fraction of sp³-hybridized carbons (Fsp3) is 0.278. The molecule has 0 radical (unpaired) electrons. The Morgan fingerprint density at radius 2 is 2.12 bits per heavy atom. The van der Waals surface area contributed by atoms with E-state index in [1.807, 2.05) is 30.1 Å². The van der Waals surface area contributed by atoms with Crippen LogP contribution in [0, 0.1) is 0 Å². The molecule has 0 atom stereocenters. The number of carbonyl (C=O) groups excluding carboxylic acids is 1. The van der Waals surface area contributed by atoms with Crippen LogP contribution in [-0.2, 0) is 20.0 Å². The molecule has 0 bridgehead atoms. The van der Waals surface area contributed by atoms with Crippen LogP contribution >= 0.6 is 0 Å². The van der Waals surface area contributed by atoms with E-state index in [0.29, 0.717) is 18.5 Å². The molecule has 1 N–H and O–H groups in total. The van der Waals surface area contributed by atoms with Crippen molar-refractivity contribution in [2.24, 2.45) is 7.05 Å². The van der Waals surface area contributed by atoms with E-state index in [1.165, 1.54) is 6.20 Å². The highest BCUT2D eigenvalue weighted by Crippen LogP contribution is 2.19. The van der Waals surface area contributed by atoms with Crippen LogP contribution < -0.4 is 5.43 Å². The van der Waals surface area contributed by atoms with Crippen molar-refractivity contribution in [3.8, 4) is 0 Å². The fourth-order valence-electron chi connectivity index (χ4n) is 3.35. The van der Waals surface area contributed by atoms with Gasteiger partial charge in [0.25, 0.3) is 5.91 Å². The van der Waals surface area contributed by atoms with Gasteiger partial charge < -0.3 is 9.88 Å². The molecule has 2 aromatic heterocycles. The predicted octanol–water partition coefficient (Wildman–Crippen LogP) is 1.85. The standard InChI is InChI=1S/C18H18N4O2/c1-21-16-7-4-8-22(11-12(16)9-20-21)18(24)14-10-19-15-6-3-2-5-13(15)17(14)23/h2-3,5-6,9-10H,4,7-8,11H2,1H3,(H,19,23). The summed E-state index contributed by atoms with van der Waals surface area (Å²) in [6, 6.07) is 7.24. The first-order chi connectivity index (χ1) is 11.6. The van der Waals surface area contributed by atoms with Crippen molar-refractivity contribution < 1.29 is 4.79 Å². The van der Waals surface area contributed by atoms with Crippen molar-refractivity contribution in [2.45, 2.75) is 19.4 Å². The van der Waals surface area contributed by atoms with E-state index < -0.39 is 0 Å². The van der Waals surface area contributed by atoms with E-state index in [1.54, 1.807) is 17.0 Å². The van der Waals surface area contributed by atoms with Crippen molar-refractivity contribution in [1.29, 1.82) is 0 Å². The average molecular weight is 322 g/mol. The van der Waals surface area contributed by atoms with Gasteiger partial charge in [-0.05, 0) is 25.0 Å². The largest absolute Gasteiger partial charge is 0.360 e. The van der Waals surface area contributed by atoms with Crippen LogP contribution in [0.5, 0.6) is 0 Å². The maximum absolute atomic E-state index is 12.9. The minimum atomic E-state index is -0.223. The molecule has 0 unspecified atom stereocenters. The molecule has 3 heterocycles. The normalized spacial score (nSPS) is 14.5. The Morgan fingerprint density at radius 3 is 3.00 bits per heavy atom. The summed E-state index contributed by atoms with van der Waals surface area (Å²) >= 11 is 0. The second-order valence-corrected chi connectivity index (χ2v) is 6.15. The molecule has 0 spiro atoms. The van der Waals surface area contributed by atoms with Crippen molar-refractivity contribution in [3.05, 3.63) is 63.7 Å². The maximum atomic E-state index is 12.9. The number of carbonyl (C=O) groups is 1. The molecule has 0 saturated carbocycles. The van der Waals surface area contributed by atoms with Gasteiger partial charge in [-0.3, -0.25) is 14.3 Å². The number of H-pyrrole nitrogens is 1. The first kappa shape index (κ1) is 14.7. The third-order valence-corrected chi connectivity index (χ3v) is 4.66. The number of nitrogens with one attached hydrogen (secondary N) is 1. The molecule has 1 aromatic carbocycles. The van der Waals surface area contributed by atoms with Gasteiger partial charge in [-0.25, -0.2) is 0 Å². The number of para-hydroxylation sites is 1. The number of pyridine rings is 1. The molecular formula is C18H18N4O2. The van der Waals surface area contributed by atoms with Crippen LogP contribution in [0.15, 0.2) is 41.5 Å². The Balaban J connectivity index is 1.71. The monoisotopic (exact) mass is 322 g/mol. The molecule has 1 amide bonds. The second kappa shape index (κ2) is 5.63. The molecule has 24 heavy (non-hydrogen) atoms. The van der Waals surface area contributed by atoms with Gasteiger partial charge in [0.2, 0.25) is 5.43 Å². The Morgan fingerprint density at radius 1 is 1.29 bits per heavy atom. The van der Waals surface area contributed by atoms with E-state index in [4.69, 9.17) is 0 Å². The maximum Gasteiger partial charge on any atom is 0.259 e. The number of nitrogens with zero attached hydrogens (tertiary/aromatic N) is 3. The van der Waals surface area contributed by atoms with Gasteiger partial charge in [0.15, 0.2) is 0 Å². The van der Waals surface area contributed by atoms with Gasteiger partial charge >= 0.3 is 0 Å².